The number of fused-ring (bicyclic) bond motifs is 3. The Bertz CT molecular complexity index is 1270. The molecule has 4 rings (SSSR count). The SMILES string of the molecule is C=CCN1c2ccc(C(=O)NCc3ccccc3OC)cc2-c2ccccc2S1(=O)=O. The molecule has 0 spiro atoms. The van der Waals surface area contributed by atoms with Gasteiger partial charge in [0.25, 0.3) is 15.9 Å². The molecule has 7 heteroatoms. The van der Waals surface area contributed by atoms with Gasteiger partial charge in [0.2, 0.25) is 0 Å². The molecule has 0 saturated carbocycles. The van der Waals surface area contributed by atoms with E-state index in [4.69, 9.17) is 4.74 Å². The van der Waals surface area contributed by atoms with E-state index in [0.717, 1.165) is 5.56 Å². The zero-order valence-corrected chi connectivity index (χ0v) is 17.9. The van der Waals surface area contributed by atoms with Crippen molar-refractivity contribution in [3.63, 3.8) is 0 Å². The second-order valence-corrected chi connectivity index (χ2v) is 8.88. The van der Waals surface area contributed by atoms with Crippen LogP contribution in [-0.4, -0.2) is 28.0 Å². The van der Waals surface area contributed by atoms with Crippen molar-refractivity contribution < 1.29 is 17.9 Å². The van der Waals surface area contributed by atoms with Crippen molar-refractivity contribution in [1.29, 1.82) is 0 Å². The summed E-state index contributed by atoms with van der Waals surface area (Å²) in [5.74, 6) is 0.447. The average molecular weight is 435 g/mol. The number of methoxy groups -OCH3 is 1. The highest BCUT2D eigenvalue weighted by Crippen LogP contribution is 2.43. The van der Waals surface area contributed by atoms with Gasteiger partial charge in [-0.05, 0) is 30.3 Å². The molecule has 1 aliphatic rings. The third-order valence-electron chi connectivity index (χ3n) is 5.20. The summed E-state index contributed by atoms with van der Waals surface area (Å²) < 4.78 is 32.8. The highest BCUT2D eigenvalue weighted by atomic mass is 32.2. The number of benzene rings is 3. The molecule has 0 saturated heterocycles. The highest BCUT2D eigenvalue weighted by molar-refractivity contribution is 7.93. The molecule has 1 N–H and O–H groups in total. The fourth-order valence-electron chi connectivity index (χ4n) is 3.71. The maximum absolute atomic E-state index is 13.1. The molecule has 31 heavy (non-hydrogen) atoms. The Hall–Kier alpha value is -3.58. The molecule has 6 nitrogen and oxygen atoms in total. The van der Waals surface area contributed by atoms with Crippen LogP contribution in [0.25, 0.3) is 11.1 Å². The lowest BCUT2D eigenvalue weighted by Gasteiger charge is -2.31. The third kappa shape index (κ3) is 3.68. The Labute approximate surface area is 181 Å². The summed E-state index contributed by atoms with van der Waals surface area (Å²) >= 11 is 0. The Morgan fingerprint density at radius 1 is 1.06 bits per heavy atom. The van der Waals surface area contributed by atoms with E-state index in [1.165, 1.54) is 4.31 Å². The van der Waals surface area contributed by atoms with Crippen LogP contribution in [-0.2, 0) is 16.6 Å². The maximum Gasteiger partial charge on any atom is 0.265 e. The number of anilines is 1. The highest BCUT2D eigenvalue weighted by Gasteiger charge is 2.34. The largest absolute Gasteiger partial charge is 0.496 e. The topological polar surface area (TPSA) is 75.7 Å². The summed E-state index contributed by atoms with van der Waals surface area (Å²) in [5.41, 5.74) is 3.11. The number of para-hydroxylation sites is 1. The lowest BCUT2D eigenvalue weighted by atomic mass is 10.00. The molecule has 0 aromatic heterocycles. The molecular weight excluding hydrogens is 412 g/mol. The van der Waals surface area contributed by atoms with E-state index < -0.39 is 10.0 Å². The standard InChI is InChI=1S/C24H22N2O4S/c1-3-14-26-21-13-12-17(24(27)25-16-18-8-4-6-10-22(18)30-2)15-20(21)19-9-5-7-11-23(19)31(26,28)29/h3-13,15H,1,14,16H2,2H3,(H,25,27). The van der Waals surface area contributed by atoms with Crippen molar-refractivity contribution in [2.24, 2.45) is 0 Å². The van der Waals surface area contributed by atoms with Gasteiger partial charge in [-0.25, -0.2) is 8.42 Å². The van der Waals surface area contributed by atoms with Crippen LogP contribution in [0, 0.1) is 0 Å². The number of nitrogens with one attached hydrogen (secondary N) is 1. The molecule has 1 heterocycles. The number of nitrogens with zero attached hydrogens (tertiary/aromatic N) is 1. The molecule has 1 amide bonds. The number of sulfonamides is 1. The van der Waals surface area contributed by atoms with Crippen LogP contribution in [0.1, 0.15) is 15.9 Å². The van der Waals surface area contributed by atoms with Gasteiger partial charge in [0.1, 0.15) is 5.75 Å². The van der Waals surface area contributed by atoms with Crippen LogP contribution >= 0.6 is 0 Å². The minimum atomic E-state index is -3.70. The molecule has 3 aromatic carbocycles. The smallest absolute Gasteiger partial charge is 0.265 e. The average Bonchev–Trinajstić information content (AvgIpc) is 2.80. The van der Waals surface area contributed by atoms with Crippen molar-refractivity contribution in [2.45, 2.75) is 11.4 Å². The third-order valence-corrected chi connectivity index (χ3v) is 7.04. The van der Waals surface area contributed by atoms with Gasteiger partial charge in [-0.3, -0.25) is 9.10 Å². The van der Waals surface area contributed by atoms with E-state index in [-0.39, 0.29) is 17.3 Å². The Morgan fingerprint density at radius 3 is 2.58 bits per heavy atom. The van der Waals surface area contributed by atoms with E-state index in [1.54, 1.807) is 55.7 Å². The zero-order chi connectivity index (χ0) is 22.0. The number of rotatable bonds is 6. The molecular formula is C24H22N2O4S. The molecule has 0 bridgehead atoms. The second-order valence-electron chi connectivity index (χ2n) is 7.05. The van der Waals surface area contributed by atoms with Gasteiger partial charge >= 0.3 is 0 Å². The van der Waals surface area contributed by atoms with Crippen LogP contribution in [0.5, 0.6) is 5.75 Å². The Morgan fingerprint density at radius 2 is 1.81 bits per heavy atom. The second kappa shape index (κ2) is 8.28. The summed E-state index contributed by atoms with van der Waals surface area (Å²) in [6.45, 7) is 4.14. The Balaban J connectivity index is 1.69. The van der Waals surface area contributed by atoms with Crippen LogP contribution < -0.4 is 14.4 Å². The number of amides is 1. The number of ether oxygens (including phenoxy) is 1. The van der Waals surface area contributed by atoms with Gasteiger partial charge in [0.15, 0.2) is 0 Å². The minimum absolute atomic E-state index is 0.142. The first-order chi connectivity index (χ1) is 15.0. The van der Waals surface area contributed by atoms with Crippen molar-refractivity contribution in [3.8, 4) is 16.9 Å². The molecule has 158 valence electrons. The van der Waals surface area contributed by atoms with Crippen LogP contribution in [0.2, 0.25) is 0 Å². The molecule has 0 unspecified atom stereocenters. The van der Waals surface area contributed by atoms with E-state index in [2.05, 4.69) is 11.9 Å². The van der Waals surface area contributed by atoms with E-state index in [0.29, 0.717) is 34.7 Å². The lowest BCUT2D eigenvalue weighted by Crippen LogP contribution is -2.34. The first kappa shape index (κ1) is 20.7. The number of carbonyl (C=O) groups excluding carboxylic acids is 1. The number of hydrogen-bond acceptors (Lipinski definition) is 4. The zero-order valence-electron chi connectivity index (χ0n) is 17.0. The summed E-state index contributed by atoms with van der Waals surface area (Å²) in [6, 6.07) is 19.3. The molecule has 0 aliphatic carbocycles. The molecule has 0 atom stereocenters. The van der Waals surface area contributed by atoms with Crippen molar-refractivity contribution in [2.75, 3.05) is 18.0 Å². The monoisotopic (exact) mass is 434 g/mol. The number of carbonyl (C=O) groups is 1. The fourth-order valence-corrected chi connectivity index (χ4v) is 5.38. The summed E-state index contributed by atoms with van der Waals surface area (Å²) in [6.07, 6.45) is 1.54. The molecule has 0 fully saturated rings. The predicted octanol–water partition coefficient (Wildman–Crippen LogP) is 3.99. The van der Waals surface area contributed by atoms with E-state index >= 15 is 0 Å². The van der Waals surface area contributed by atoms with Crippen molar-refractivity contribution >= 4 is 21.6 Å². The van der Waals surface area contributed by atoms with Crippen LogP contribution in [0.4, 0.5) is 5.69 Å². The first-order valence-electron chi connectivity index (χ1n) is 9.74. The van der Waals surface area contributed by atoms with Crippen molar-refractivity contribution in [1.82, 2.24) is 5.32 Å². The van der Waals surface area contributed by atoms with Crippen LogP contribution in [0.3, 0.4) is 0 Å². The van der Waals surface area contributed by atoms with Crippen LogP contribution in [0.15, 0.2) is 84.3 Å². The van der Waals surface area contributed by atoms with Gasteiger partial charge in [-0.1, -0.05) is 42.5 Å². The molecule has 0 radical (unpaired) electrons. The fraction of sp³-hybridized carbons (Fsp3) is 0.125. The molecule has 1 aliphatic heterocycles. The van der Waals surface area contributed by atoms with Gasteiger partial charge in [0, 0.05) is 28.8 Å². The summed E-state index contributed by atoms with van der Waals surface area (Å²) in [5, 5.41) is 2.91. The first-order valence-corrected chi connectivity index (χ1v) is 11.2. The van der Waals surface area contributed by atoms with Gasteiger partial charge < -0.3 is 10.1 Å². The number of hydrogen-bond donors (Lipinski definition) is 1. The molecule has 3 aromatic rings. The quantitative estimate of drug-likeness (QED) is 0.596. The van der Waals surface area contributed by atoms with E-state index in [1.807, 2.05) is 24.3 Å². The van der Waals surface area contributed by atoms with Gasteiger partial charge in [-0.2, -0.15) is 0 Å². The Kier molecular flexibility index (Phi) is 5.52. The maximum atomic E-state index is 13.1. The van der Waals surface area contributed by atoms with Gasteiger partial charge in [0.05, 0.1) is 24.2 Å². The summed E-state index contributed by atoms with van der Waals surface area (Å²) in [7, 11) is -2.11. The van der Waals surface area contributed by atoms with E-state index in [9.17, 15) is 13.2 Å². The predicted molar refractivity (Wildman–Crippen MR) is 121 cm³/mol. The minimum Gasteiger partial charge on any atom is -0.496 e. The summed E-state index contributed by atoms with van der Waals surface area (Å²) in [4.78, 5) is 13.1. The van der Waals surface area contributed by atoms with Gasteiger partial charge in [-0.15, -0.1) is 6.58 Å². The lowest BCUT2D eigenvalue weighted by molar-refractivity contribution is 0.0950. The van der Waals surface area contributed by atoms with Crippen molar-refractivity contribution in [3.05, 3.63) is 90.5 Å². The normalized spacial score (nSPS) is 13.6.